The predicted octanol–water partition coefficient (Wildman–Crippen LogP) is 4.26. The van der Waals surface area contributed by atoms with Gasteiger partial charge in [-0.25, -0.2) is 4.98 Å². The lowest BCUT2D eigenvalue weighted by atomic mass is 10.0. The highest BCUT2D eigenvalue weighted by Gasteiger charge is 2.17. The molecule has 4 heteroatoms. The molecule has 0 bridgehead atoms. The van der Waals surface area contributed by atoms with E-state index in [4.69, 9.17) is 0 Å². The van der Waals surface area contributed by atoms with Gasteiger partial charge in [-0.2, -0.15) is 0 Å². The lowest BCUT2D eigenvalue weighted by Crippen LogP contribution is -2.25. The van der Waals surface area contributed by atoms with Crippen molar-refractivity contribution in [3.8, 4) is 0 Å². The molecule has 1 aromatic carbocycles. The molecule has 0 radical (unpaired) electrons. The van der Waals surface area contributed by atoms with Crippen LogP contribution in [0, 0.1) is 6.92 Å². The lowest BCUT2D eigenvalue weighted by Gasteiger charge is -2.21. The van der Waals surface area contributed by atoms with E-state index >= 15 is 0 Å². The van der Waals surface area contributed by atoms with Gasteiger partial charge in [0.05, 0.1) is 0 Å². The van der Waals surface area contributed by atoms with E-state index in [2.05, 4.69) is 76.0 Å². The number of aromatic nitrogens is 2. The summed E-state index contributed by atoms with van der Waals surface area (Å²) in [7, 11) is 0. The summed E-state index contributed by atoms with van der Waals surface area (Å²) < 4.78 is 3.38. The zero-order valence-electron chi connectivity index (χ0n) is 13.1. The molecule has 1 atom stereocenters. The maximum atomic E-state index is 4.52. The van der Waals surface area contributed by atoms with Crippen LogP contribution in [0.1, 0.15) is 43.3 Å². The maximum absolute atomic E-state index is 4.52. The van der Waals surface area contributed by atoms with E-state index < -0.39 is 0 Å². The summed E-state index contributed by atoms with van der Waals surface area (Å²) in [4.78, 5) is 4.52. The molecule has 21 heavy (non-hydrogen) atoms. The van der Waals surface area contributed by atoms with E-state index in [0.29, 0.717) is 0 Å². The Balaban J connectivity index is 2.27. The fraction of sp³-hybridized carbons (Fsp3) is 0.471. The number of rotatable bonds is 7. The Morgan fingerprint density at radius 1 is 1.33 bits per heavy atom. The van der Waals surface area contributed by atoms with Gasteiger partial charge in [0.2, 0.25) is 0 Å². The first kappa shape index (κ1) is 16.2. The van der Waals surface area contributed by atoms with Crippen molar-refractivity contribution in [2.45, 2.75) is 46.2 Å². The molecule has 0 aliphatic rings. The summed E-state index contributed by atoms with van der Waals surface area (Å²) in [6.45, 7) is 8.47. The average molecular weight is 350 g/mol. The summed E-state index contributed by atoms with van der Waals surface area (Å²) >= 11 is 3.70. The van der Waals surface area contributed by atoms with Crippen molar-refractivity contribution in [3.05, 3.63) is 52.0 Å². The fourth-order valence-electron chi connectivity index (χ4n) is 2.54. The Bertz CT molecular complexity index is 577. The van der Waals surface area contributed by atoms with Gasteiger partial charge in [0, 0.05) is 35.9 Å². The molecule has 1 aromatic heterocycles. The Morgan fingerprint density at radius 2 is 2.14 bits per heavy atom. The highest BCUT2D eigenvalue weighted by molar-refractivity contribution is 9.10. The SMILES string of the molecule is CCCNC(Cc1nccn1CC)c1cc(C)ccc1Br. The van der Waals surface area contributed by atoms with Crippen molar-refractivity contribution in [2.24, 2.45) is 0 Å². The lowest BCUT2D eigenvalue weighted by molar-refractivity contribution is 0.505. The molecule has 0 aliphatic carbocycles. The topological polar surface area (TPSA) is 29.9 Å². The van der Waals surface area contributed by atoms with Gasteiger partial charge < -0.3 is 9.88 Å². The van der Waals surface area contributed by atoms with Crippen molar-refractivity contribution >= 4 is 15.9 Å². The Kier molecular flexibility index (Phi) is 6.00. The van der Waals surface area contributed by atoms with E-state index in [1.54, 1.807) is 0 Å². The van der Waals surface area contributed by atoms with Crippen LogP contribution in [-0.4, -0.2) is 16.1 Å². The van der Waals surface area contributed by atoms with Crippen LogP contribution in [-0.2, 0) is 13.0 Å². The molecule has 0 aliphatic heterocycles. The van der Waals surface area contributed by atoms with E-state index in [-0.39, 0.29) is 6.04 Å². The average Bonchev–Trinajstić information content (AvgIpc) is 2.93. The van der Waals surface area contributed by atoms with Gasteiger partial charge in [-0.15, -0.1) is 0 Å². The van der Waals surface area contributed by atoms with Crippen LogP contribution in [0.4, 0.5) is 0 Å². The molecule has 0 fully saturated rings. The fourth-order valence-corrected chi connectivity index (χ4v) is 3.06. The molecular weight excluding hydrogens is 326 g/mol. The minimum absolute atomic E-state index is 0.284. The van der Waals surface area contributed by atoms with E-state index in [0.717, 1.165) is 36.2 Å². The molecule has 3 nitrogen and oxygen atoms in total. The molecule has 0 spiro atoms. The summed E-state index contributed by atoms with van der Waals surface area (Å²) in [5.74, 6) is 1.14. The number of nitrogens with zero attached hydrogens (tertiary/aromatic N) is 2. The van der Waals surface area contributed by atoms with Crippen molar-refractivity contribution in [2.75, 3.05) is 6.54 Å². The first-order valence-electron chi connectivity index (χ1n) is 7.65. The largest absolute Gasteiger partial charge is 0.335 e. The molecule has 1 unspecified atom stereocenters. The van der Waals surface area contributed by atoms with Gasteiger partial charge in [0.25, 0.3) is 0 Å². The summed E-state index contributed by atoms with van der Waals surface area (Å²) in [5, 5.41) is 3.66. The van der Waals surface area contributed by atoms with E-state index in [1.807, 2.05) is 6.20 Å². The summed E-state index contributed by atoms with van der Waals surface area (Å²) in [6, 6.07) is 6.82. The molecule has 1 heterocycles. The molecule has 114 valence electrons. The summed E-state index contributed by atoms with van der Waals surface area (Å²) in [5.41, 5.74) is 2.60. The van der Waals surface area contributed by atoms with Crippen LogP contribution in [0.5, 0.6) is 0 Å². The first-order chi connectivity index (χ1) is 10.2. The molecule has 1 N–H and O–H groups in total. The second kappa shape index (κ2) is 7.76. The van der Waals surface area contributed by atoms with Gasteiger partial charge in [-0.3, -0.25) is 0 Å². The number of hydrogen-bond acceptors (Lipinski definition) is 2. The molecule has 0 amide bonds. The first-order valence-corrected chi connectivity index (χ1v) is 8.44. The second-order valence-electron chi connectivity index (χ2n) is 5.37. The van der Waals surface area contributed by atoms with Gasteiger partial charge in [0.15, 0.2) is 0 Å². The van der Waals surface area contributed by atoms with Crippen LogP contribution in [0.25, 0.3) is 0 Å². The number of benzene rings is 1. The normalized spacial score (nSPS) is 12.6. The molecule has 0 saturated carbocycles. The highest BCUT2D eigenvalue weighted by atomic mass is 79.9. The minimum atomic E-state index is 0.284. The zero-order chi connectivity index (χ0) is 15.2. The molecule has 0 saturated heterocycles. The van der Waals surface area contributed by atoms with E-state index in [1.165, 1.54) is 11.1 Å². The van der Waals surface area contributed by atoms with Crippen LogP contribution >= 0.6 is 15.9 Å². The van der Waals surface area contributed by atoms with Crippen LogP contribution < -0.4 is 5.32 Å². The highest BCUT2D eigenvalue weighted by Crippen LogP contribution is 2.27. The third-order valence-electron chi connectivity index (χ3n) is 3.70. The third-order valence-corrected chi connectivity index (χ3v) is 4.42. The minimum Gasteiger partial charge on any atom is -0.335 e. The van der Waals surface area contributed by atoms with Gasteiger partial charge in [0.1, 0.15) is 5.82 Å². The molecule has 2 aromatic rings. The van der Waals surface area contributed by atoms with Crippen LogP contribution in [0.2, 0.25) is 0 Å². The van der Waals surface area contributed by atoms with Crippen molar-refractivity contribution in [1.82, 2.24) is 14.9 Å². The standard InChI is InChI=1S/C17H24BrN3/c1-4-8-19-16(12-17-20-9-10-21(17)5-2)14-11-13(3)6-7-15(14)18/h6-7,9-11,16,19H,4-5,8,12H2,1-3H3. The quantitative estimate of drug-likeness (QED) is 0.809. The molecular formula is C17H24BrN3. The number of nitrogens with one attached hydrogen (secondary N) is 1. The van der Waals surface area contributed by atoms with Gasteiger partial charge in [-0.1, -0.05) is 40.5 Å². The zero-order valence-corrected chi connectivity index (χ0v) is 14.7. The number of imidazole rings is 1. The van der Waals surface area contributed by atoms with Gasteiger partial charge >= 0.3 is 0 Å². The maximum Gasteiger partial charge on any atom is 0.110 e. The van der Waals surface area contributed by atoms with Crippen molar-refractivity contribution < 1.29 is 0 Å². The smallest absolute Gasteiger partial charge is 0.110 e. The van der Waals surface area contributed by atoms with Gasteiger partial charge in [-0.05, 0) is 38.4 Å². The van der Waals surface area contributed by atoms with E-state index in [9.17, 15) is 0 Å². The molecule has 2 rings (SSSR count). The number of aryl methyl sites for hydroxylation is 2. The Labute approximate surface area is 135 Å². The number of hydrogen-bond donors (Lipinski definition) is 1. The monoisotopic (exact) mass is 349 g/mol. The van der Waals surface area contributed by atoms with Crippen LogP contribution in [0.15, 0.2) is 35.1 Å². The Morgan fingerprint density at radius 3 is 2.86 bits per heavy atom. The van der Waals surface area contributed by atoms with Crippen molar-refractivity contribution in [3.63, 3.8) is 0 Å². The second-order valence-corrected chi connectivity index (χ2v) is 6.22. The third kappa shape index (κ3) is 4.17. The van der Waals surface area contributed by atoms with Crippen LogP contribution in [0.3, 0.4) is 0 Å². The summed E-state index contributed by atoms with van der Waals surface area (Å²) in [6.07, 6.45) is 5.98. The predicted molar refractivity (Wildman–Crippen MR) is 91.5 cm³/mol. The van der Waals surface area contributed by atoms with Crippen molar-refractivity contribution in [1.29, 1.82) is 0 Å². The Hall–Kier alpha value is -1.13. The number of halogens is 1.